The van der Waals surface area contributed by atoms with E-state index in [-0.39, 0.29) is 29.0 Å². The van der Waals surface area contributed by atoms with E-state index in [9.17, 15) is 13.2 Å². The zero-order valence-corrected chi connectivity index (χ0v) is 20.0. The van der Waals surface area contributed by atoms with E-state index in [1.165, 1.54) is 22.6 Å². The van der Waals surface area contributed by atoms with Crippen molar-refractivity contribution >= 4 is 34.3 Å². The molecule has 0 spiro atoms. The number of hydrogen-bond acceptors (Lipinski definition) is 8. The van der Waals surface area contributed by atoms with Gasteiger partial charge in [-0.15, -0.1) is 12.4 Å². The Kier molecular flexibility index (Phi) is 8.42. The predicted molar refractivity (Wildman–Crippen MR) is 128 cm³/mol. The number of aromatic nitrogens is 4. The van der Waals surface area contributed by atoms with E-state index < -0.39 is 16.1 Å². The summed E-state index contributed by atoms with van der Waals surface area (Å²) in [5.74, 6) is -0.145. The third-order valence-corrected chi connectivity index (χ3v) is 7.14. The van der Waals surface area contributed by atoms with Crippen molar-refractivity contribution in [3.05, 3.63) is 49.2 Å². The molecule has 1 saturated heterocycles. The maximum Gasteiger partial charge on any atom is 0.414 e. The number of ether oxygens (including phenoxy) is 1. The monoisotopic (exact) mass is 507 g/mol. The number of aryl methyl sites for hydroxylation is 1. The highest BCUT2D eigenvalue weighted by Gasteiger charge is 2.27. The molecule has 3 N–H and O–H groups in total. The number of nitrogens with one attached hydrogen (secondary N) is 1. The van der Waals surface area contributed by atoms with Gasteiger partial charge in [-0.05, 0) is 31.4 Å². The normalized spacial score (nSPS) is 13.9. The van der Waals surface area contributed by atoms with Gasteiger partial charge >= 0.3 is 6.09 Å². The highest BCUT2D eigenvalue weighted by atomic mass is 35.5. The number of imidazole rings is 1. The second-order valence-electron chi connectivity index (χ2n) is 7.55. The summed E-state index contributed by atoms with van der Waals surface area (Å²) in [6.07, 6.45) is 8.43. The number of carbonyl (C=O) groups is 1. The van der Waals surface area contributed by atoms with E-state index in [1.807, 2.05) is 10.8 Å². The van der Waals surface area contributed by atoms with Gasteiger partial charge in [0.25, 0.3) is 5.88 Å². The number of hydrogen-bond donors (Lipinski definition) is 2. The van der Waals surface area contributed by atoms with E-state index in [0.717, 1.165) is 12.8 Å². The SMILES string of the molecule is Cl.Nc1ncc(-c2ccc(S(=O)(=O)N3CCCC3)cc2)nc1OC(=O)NCCCn1ccnc1. The van der Waals surface area contributed by atoms with Crippen LogP contribution in [0.2, 0.25) is 0 Å². The van der Waals surface area contributed by atoms with E-state index in [1.54, 1.807) is 24.7 Å². The lowest BCUT2D eigenvalue weighted by Crippen LogP contribution is -2.29. The Bertz CT molecular complexity index is 1200. The fourth-order valence-corrected chi connectivity index (χ4v) is 4.98. The summed E-state index contributed by atoms with van der Waals surface area (Å²) in [4.78, 5) is 24.6. The molecule has 0 saturated carbocycles. The van der Waals surface area contributed by atoms with E-state index in [4.69, 9.17) is 10.5 Å². The van der Waals surface area contributed by atoms with Crippen LogP contribution in [0.3, 0.4) is 0 Å². The van der Waals surface area contributed by atoms with Gasteiger partial charge in [0.15, 0.2) is 5.82 Å². The molecule has 2 aromatic heterocycles. The summed E-state index contributed by atoms with van der Waals surface area (Å²) in [7, 11) is -3.50. The van der Waals surface area contributed by atoms with Crippen molar-refractivity contribution in [1.82, 2.24) is 29.1 Å². The summed E-state index contributed by atoms with van der Waals surface area (Å²) >= 11 is 0. The lowest BCUT2D eigenvalue weighted by atomic mass is 10.2. The van der Waals surface area contributed by atoms with Crippen LogP contribution in [0.15, 0.2) is 54.1 Å². The lowest BCUT2D eigenvalue weighted by Gasteiger charge is -2.15. The molecule has 1 amide bonds. The molecular weight excluding hydrogens is 482 g/mol. The Balaban J connectivity index is 0.00000324. The van der Waals surface area contributed by atoms with Gasteiger partial charge < -0.3 is 20.4 Å². The molecule has 0 bridgehead atoms. The van der Waals surface area contributed by atoms with Crippen molar-refractivity contribution in [2.24, 2.45) is 0 Å². The maximum absolute atomic E-state index is 12.7. The molecular formula is C21H26ClN7O4S. The highest BCUT2D eigenvalue weighted by Crippen LogP contribution is 2.26. The number of amides is 1. The van der Waals surface area contributed by atoms with Crippen LogP contribution in [0.5, 0.6) is 5.88 Å². The van der Waals surface area contributed by atoms with Crippen LogP contribution in [0.25, 0.3) is 11.3 Å². The fourth-order valence-electron chi connectivity index (χ4n) is 3.47. The maximum atomic E-state index is 12.7. The molecule has 0 radical (unpaired) electrons. The van der Waals surface area contributed by atoms with E-state index >= 15 is 0 Å². The molecule has 13 heteroatoms. The van der Waals surface area contributed by atoms with Crippen molar-refractivity contribution in [3.63, 3.8) is 0 Å². The standard InChI is InChI=1S/C21H25N7O4S.ClH/c22-19-20(32-21(29)24-8-3-10-27-13-9-23-15-27)26-18(14-25-19)16-4-6-17(7-5-16)33(30,31)28-11-1-2-12-28;/h4-7,9,13-15H,1-3,8,10-12H2,(H2,22,25)(H,24,29);1H. The first-order valence-corrected chi connectivity index (χ1v) is 12.0. The second-order valence-corrected chi connectivity index (χ2v) is 9.49. The van der Waals surface area contributed by atoms with E-state index in [2.05, 4.69) is 20.3 Å². The van der Waals surface area contributed by atoms with Gasteiger partial charge in [0.05, 0.1) is 23.1 Å². The summed E-state index contributed by atoms with van der Waals surface area (Å²) in [5, 5.41) is 2.64. The average Bonchev–Trinajstić information content (AvgIpc) is 3.53. The number of anilines is 1. The number of carbonyl (C=O) groups excluding carboxylic acids is 1. The number of nitrogens with two attached hydrogens (primary N) is 1. The molecule has 1 aliphatic heterocycles. The first-order chi connectivity index (χ1) is 15.9. The Hall–Kier alpha value is -3.22. The lowest BCUT2D eigenvalue weighted by molar-refractivity contribution is 0.198. The van der Waals surface area contributed by atoms with Crippen LogP contribution in [-0.4, -0.2) is 58.0 Å². The quantitative estimate of drug-likeness (QED) is 0.442. The zero-order valence-electron chi connectivity index (χ0n) is 18.3. The summed E-state index contributed by atoms with van der Waals surface area (Å²) in [6, 6.07) is 6.36. The third-order valence-electron chi connectivity index (χ3n) is 5.23. The molecule has 1 aromatic carbocycles. The van der Waals surface area contributed by atoms with Gasteiger partial charge in [0, 0.05) is 44.1 Å². The summed E-state index contributed by atoms with van der Waals surface area (Å²) in [5.41, 5.74) is 6.83. The van der Waals surface area contributed by atoms with Crippen molar-refractivity contribution in [1.29, 1.82) is 0 Å². The average molecular weight is 508 g/mol. The minimum atomic E-state index is -3.50. The number of nitrogens with zero attached hydrogens (tertiary/aromatic N) is 5. The Morgan fingerprint density at radius 2 is 1.91 bits per heavy atom. The van der Waals surface area contributed by atoms with Crippen molar-refractivity contribution in [3.8, 4) is 17.1 Å². The molecule has 3 aromatic rings. The second kappa shape index (κ2) is 11.3. The minimum Gasteiger partial charge on any atom is -0.387 e. The fraction of sp³-hybridized carbons (Fsp3) is 0.333. The predicted octanol–water partition coefficient (Wildman–Crippen LogP) is 2.31. The van der Waals surface area contributed by atoms with Crippen molar-refractivity contribution < 1.29 is 17.9 Å². The van der Waals surface area contributed by atoms with Crippen LogP contribution < -0.4 is 15.8 Å². The first-order valence-electron chi connectivity index (χ1n) is 10.6. The molecule has 0 unspecified atom stereocenters. The van der Waals surface area contributed by atoms with E-state index in [0.29, 0.717) is 43.9 Å². The van der Waals surface area contributed by atoms with Crippen LogP contribution in [-0.2, 0) is 16.6 Å². The molecule has 4 rings (SSSR count). The van der Waals surface area contributed by atoms with Crippen LogP contribution in [0.1, 0.15) is 19.3 Å². The zero-order chi connectivity index (χ0) is 23.3. The van der Waals surface area contributed by atoms with Gasteiger partial charge in [-0.2, -0.15) is 4.31 Å². The number of nitrogen functional groups attached to an aromatic ring is 1. The van der Waals surface area contributed by atoms with Gasteiger partial charge in [-0.25, -0.2) is 28.2 Å². The molecule has 182 valence electrons. The van der Waals surface area contributed by atoms with Crippen molar-refractivity contribution in [2.75, 3.05) is 25.4 Å². The highest BCUT2D eigenvalue weighted by molar-refractivity contribution is 7.89. The van der Waals surface area contributed by atoms with Gasteiger partial charge in [0.2, 0.25) is 10.0 Å². The molecule has 3 heterocycles. The molecule has 1 aliphatic rings. The van der Waals surface area contributed by atoms with Crippen molar-refractivity contribution in [2.45, 2.75) is 30.7 Å². The van der Waals surface area contributed by atoms with Gasteiger partial charge in [0.1, 0.15) is 0 Å². The minimum absolute atomic E-state index is 0. The van der Waals surface area contributed by atoms with Crippen LogP contribution >= 0.6 is 12.4 Å². The molecule has 0 aliphatic carbocycles. The van der Waals surface area contributed by atoms with Crippen LogP contribution in [0, 0.1) is 0 Å². The van der Waals surface area contributed by atoms with Gasteiger partial charge in [-0.1, -0.05) is 12.1 Å². The Labute approximate surface area is 203 Å². The largest absolute Gasteiger partial charge is 0.414 e. The third kappa shape index (κ3) is 6.01. The first kappa shape index (κ1) is 25.4. The molecule has 1 fully saturated rings. The summed E-state index contributed by atoms with van der Waals surface area (Å²) < 4.78 is 34.0. The summed E-state index contributed by atoms with van der Waals surface area (Å²) in [6.45, 7) is 2.19. The number of rotatable bonds is 8. The molecule has 11 nitrogen and oxygen atoms in total. The topological polar surface area (TPSA) is 145 Å². The Morgan fingerprint density at radius 1 is 1.18 bits per heavy atom. The number of halogens is 1. The Morgan fingerprint density at radius 3 is 2.59 bits per heavy atom. The number of sulfonamides is 1. The van der Waals surface area contributed by atoms with Crippen LogP contribution in [0.4, 0.5) is 10.6 Å². The number of benzene rings is 1. The smallest absolute Gasteiger partial charge is 0.387 e. The molecule has 0 atom stereocenters. The molecule has 34 heavy (non-hydrogen) atoms. The van der Waals surface area contributed by atoms with Gasteiger partial charge in [-0.3, -0.25) is 0 Å².